The van der Waals surface area contributed by atoms with E-state index in [-0.39, 0.29) is 0 Å². The smallest absolute Gasteiger partial charge is 0.0975 e. The van der Waals surface area contributed by atoms with E-state index in [2.05, 4.69) is 41.5 Å². The molecule has 0 nitrogen and oxygen atoms in total. The Kier molecular flexibility index (Phi) is 3.67. The van der Waals surface area contributed by atoms with E-state index >= 15 is 0 Å². The molecule has 0 aromatic rings. The Hall–Kier alpha value is 0.532. The van der Waals surface area contributed by atoms with Gasteiger partial charge in [0.15, 0.2) is 0 Å². The normalized spacial score (nSPS) is 14.1. The van der Waals surface area contributed by atoms with Crippen LogP contribution in [0, 0.1) is 16.7 Å². The van der Waals surface area contributed by atoms with Gasteiger partial charge in [0.2, 0.25) is 16.3 Å². The molecule has 0 aliphatic heterocycles. The van der Waals surface area contributed by atoms with Gasteiger partial charge in [-0.2, -0.15) is 0 Å². The van der Waals surface area contributed by atoms with Crippen molar-refractivity contribution in [2.75, 3.05) is 0 Å². The second-order valence-corrected chi connectivity index (χ2v) is 6.51. The lowest BCUT2D eigenvalue weighted by molar-refractivity contribution is 0.121. The van der Waals surface area contributed by atoms with Crippen LogP contribution in [0.4, 0.5) is 0 Å². The molecule has 0 aromatic heterocycles. The molecular weight excluding hydrogens is 147 g/mol. The maximum Gasteiger partial charge on any atom is 0.212 e. The largest absolute Gasteiger partial charge is 0.212 e. The number of hydrogen-bond acceptors (Lipinski definition) is 0. The molecule has 0 spiro atoms. The van der Waals surface area contributed by atoms with Crippen molar-refractivity contribution in [2.24, 2.45) is 16.7 Å². The Morgan fingerprint density at radius 3 is 1.18 bits per heavy atom. The van der Waals surface area contributed by atoms with Crippen LogP contribution in [-0.2, 0) is 0 Å². The molecular formula is C10H23Al. The summed E-state index contributed by atoms with van der Waals surface area (Å²) in [5, 5.41) is 1.42. The monoisotopic (exact) mass is 170 g/mol. The Morgan fingerprint density at radius 2 is 1.18 bits per heavy atom. The van der Waals surface area contributed by atoms with E-state index in [1.165, 1.54) is 21.6 Å². The second kappa shape index (κ2) is 3.50. The molecule has 1 heteroatoms. The summed E-state index contributed by atoms with van der Waals surface area (Å²) < 4.78 is 0. The predicted molar refractivity (Wildman–Crippen MR) is 55.8 cm³/mol. The van der Waals surface area contributed by atoms with Crippen molar-refractivity contribution in [1.29, 1.82) is 0 Å². The van der Waals surface area contributed by atoms with Crippen LogP contribution in [0.5, 0.6) is 0 Å². The molecule has 0 unspecified atom stereocenters. The summed E-state index contributed by atoms with van der Waals surface area (Å²) in [5.74, 6) is 0.877. The zero-order valence-electron chi connectivity index (χ0n) is 9.28. The molecule has 0 radical (unpaired) electrons. The number of rotatable bonds is 1. The Balaban J connectivity index is 4.43. The SMILES string of the molecule is CC(C)(C)C([CH2][AlH2])C(C)(C)C. The molecule has 0 saturated carbocycles. The van der Waals surface area contributed by atoms with E-state index in [9.17, 15) is 0 Å². The fourth-order valence-electron chi connectivity index (χ4n) is 2.52. The third-order valence-corrected chi connectivity index (χ3v) is 3.32. The summed E-state index contributed by atoms with van der Waals surface area (Å²) in [5.41, 5.74) is 0.972. The topological polar surface area (TPSA) is 0 Å². The Bertz CT molecular complexity index is 99.8. The van der Waals surface area contributed by atoms with Crippen LogP contribution in [0.25, 0.3) is 0 Å². The van der Waals surface area contributed by atoms with E-state index in [1.807, 2.05) is 0 Å². The molecule has 0 N–H and O–H groups in total. The molecule has 66 valence electrons. The van der Waals surface area contributed by atoms with Gasteiger partial charge in [0, 0.05) is 0 Å². The zero-order chi connectivity index (χ0) is 9.28. The Labute approximate surface area is 80.2 Å². The van der Waals surface area contributed by atoms with Crippen molar-refractivity contribution in [2.45, 2.75) is 46.8 Å². The molecule has 11 heavy (non-hydrogen) atoms. The quantitative estimate of drug-likeness (QED) is 0.531. The minimum absolute atomic E-state index is 0.486. The summed E-state index contributed by atoms with van der Waals surface area (Å²) in [6.45, 7) is 14.2. The van der Waals surface area contributed by atoms with E-state index in [1.54, 1.807) is 0 Å². The van der Waals surface area contributed by atoms with Crippen LogP contribution in [0.3, 0.4) is 0 Å². The van der Waals surface area contributed by atoms with Crippen LogP contribution < -0.4 is 0 Å². The lowest BCUT2D eigenvalue weighted by Gasteiger charge is -2.40. The molecule has 0 saturated heterocycles. The molecule has 0 heterocycles. The highest BCUT2D eigenvalue weighted by molar-refractivity contribution is 6.08. The van der Waals surface area contributed by atoms with Crippen molar-refractivity contribution in [1.82, 2.24) is 0 Å². The van der Waals surface area contributed by atoms with Gasteiger partial charge in [-0.25, -0.2) is 0 Å². The van der Waals surface area contributed by atoms with E-state index in [0.29, 0.717) is 10.8 Å². The van der Waals surface area contributed by atoms with Crippen molar-refractivity contribution in [3.05, 3.63) is 0 Å². The minimum atomic E-state index is 0.486. The second-order valence-electron chi connectivity index (χ2n) is 5.69. The van der Waals surface area contributed by atoms with Gasteiger partial charge in [0.1, 0.15) is 0 Å². The van der Waals surface area contributed by atoms with Crippen LogP contribution in [0.1, 0.15) is 41.5 Å². The molecule has 0 amide bonds. The average molecular weight is 170 g/mol. The highest BCUT2D eigenvalue weighted by atomic mass is 27.0. The number of hydrogen-bond donors (Lipinski definition) is 0. The maximum atomic E-state index is 2.36. The van der Waals surface area contributed by atoms with Gasteiger partial charge in [-0.15, -0.1) is 0 Å². The van der Waals surface area contributed by atoms with Gasteiger partial charge < -0.3 is 0 Å². The van der Waals surface area contributed by atoms with Crippen molar-refractivity contribution >= 4 is 16.3 Å². The first-order valence-corrected chi connectivity index (χ1v) is 6.11. The third-order valence-electron chi connectivity index (χ3n) is 2.50. The van der Waals surface area contributed by atoms with Crippen LogP contribution in [0.2, 0.25) is 5.28 Å². The van der Waals surface area contributed by atoms with Gasteiger partial charge in [-0.05, 0) is 16.7 Å². The first-order chi connectivity index (χ1) is 4.69. The molecule has 0 atom stereocenters. The molecule has 0 aromatic carbocycles. The van der Waals surface area contributed by atoms with Gasteiger partial charge >= 0.3 is 0 Å². The van der Waals surface area contributed by atoms with Crippen LogP contribution in [0.15, 0.2) is 0 Å². The molecule has 0 aliphatic rings. The van der Waals surface area contributed by atoms with Crippen LogP contribution >= 0.6 is 0 Å². The van der Waals surface area contributed by atoms with Crippen LogP contribution in [-0.4, -0.2) is 16.3 Å². The van der Waals surface area contributed by atoms with E-state index in [4.69, 9.17) is 0 Å². The Morgan fingerprint density at radius 1 is 0.909 bits per heavy atom. The van der Waals surface area contributed by atoms with Gasteiger partial charge in [-0.3, -0.25) is 0 Å². The standard InChI is InChI=1S/C10H21.Al.2H/c1-8(9(2,3)4)10(5,6)7;;;/h8H,1H2,2-7H3;;;. The fraction of sp³-hybridized carbons (Fsp3) is 1.00. The summed E-state index contributed by atoms with van der Waals surface area (Å²) in [4.78, 5) is 0. The summed E-state index contributed by atoms with van der Waals surface area (Å²) in [6, 6.07) is 0. The maximum absolute atomic E-state index is 2.36. The summed E-state index contributed by atoms with van der Waals surface area (Å²) in [6.07, 6.45) is 0. The highest BCUT2D eigenvalue weighted by Gasteiger charge is 2.32. The zero-order valence-corrected chi connectivity index (χ0v) is 11.3. The van der Waals surface area contributed by atoms with Gasteiger partial charge in [0.05, 0.1) is 0 Å². The average Bonchev–Trinajstić information content (AvgIpc) is 1.56. The highest BCUT2D eigenvalue weighted by Crippen LogP contribution is 2.41. The molecule has 0 bridgehead atoms. The summed E-state index contributed by atoms with van der Waals surface area (Å²) in [7, 11) is 0. The first-order valence-electron chi connectivity index (χ1n) is 4.69. The molecule has 0 aliphatic carbocycles. The fourth-order valence-corrected chi connectivity index (χ4v) is 4.97. The van der Waals surface area contributed by atoms with Crippen molar-refractivity contribution in [3.8, 4) is 0 Å². The first kappa shape index (κ1) is 11.5. The van der Waals surface area contributed by atoms with Gasteiger partial charge in [-0.1, -0.05) is 46.8 Å². The summed E-state index contributed by atoms with van der Waals surface area (Å²) >= 11 is 1.33. The van der Waals surface area contributed by atoms with Gasteiger partial charge in [0.25, 0.3) is 0 Å². The van der Waals surface area contributed by atoms with E-state index in [0.717, 1.165) is 5.92 Å². The van der Waals surface area contributed by atoms with E-state index < -0.39 is 0 Å². The lowest BCUT2D eigenvalue weighted by atomic mass is 9.68. The van der Waals surface area contributed by atoms with Crippen molar-refractivity contribution < 1.29 is 0 Å². The lowest BCUT2D eigenvalue weighted by Crippen LogP contribution is -2.32. The predicted octanol–water partition coefficient (Wildman–Crippen LogP) is 2.75. The molecule has 0 rings (SSSR count). The minimum Gasteiger partial charge on any atom is -0.0975 e. The van der Waals surface area contributed by atoms with Crippen molar-refractivity contribution in [3.63, 3.8) is 0 Å². The third kappa shape index (κ3) is 3.63. The molecule has 0 fully saturated rings.